The largest absolute Gasteiger partial charge is 0.503 e. The Balaban J connectivity index is 1.87. The number of hydrogen-bond donors (Lipinski definition) is 2. The number of amides is 1. The van der Waals surface area contributed by atoms with Crippen LogP contribution in [0.4, 0.5) is 0 Å². The van der Waals surface area contributed by atoms with E-state index < -0.39 is 17.7 Å². The van der Waals surface area contributed by atoms with Crippen molar-refractivity contribution in [3.05, 3.63) is 82.6 Å². The van der Waals surface area contributed by atoms with Crippen molar-refractivity contribution in [2.24, 2.45) is 0 Å². The van der Waals surface area contributed by atoms with Gasteiger partial charge in [0.25, 0.3) is 5.91 Å². The summed E-state index contributed by atoms with van der Waals surface area (Å²) in [4.78, 5) is 27.6. The molecule has 0 spiro atoms. The van der Waals surface area contributed by atoms with Crippen LogP contribution in [0, 0.1) is 0 Å². The van der Waals surface area contributed by atoms with Crippen LogP contribution >= 0.6 is 0 Å². The molecule has 0 aromatic heterocycles. The minimum absolute atomic E-state index is 0.110. The molecule has 1 amide bonds. The van der Waals surface area contributed by atoms with Crippen molar-refractivity contribution >= 4 is 11.7 Å². The van der Waals surface area contributed by atoms with Gasteiger partial charge in [-0.2, -0.15) is 0 Å². The summed E-state index contributed by atoms with van der Waals surface area (Å²) in [5, 5.41) is 19.6. The van der Waals surface area contributed by atoms with Crippen molar-refractivity contribution in [2.75, 3.05) is 26.4 Å². The van der Waals surface area contributed by atoms with E-state index in [0.717, 1.165) is 16.7 Å². The minimum Gasteiger partial charge on any atom is -0.503 e. The molecule has 0 radical (unpaired) electrons. The Kier molecular flexibility index (Phi) is 8.20. The van der Waals surface area contributed by atoms with Crippen LogP contribution in [-0.4, -0.2) is 53.2 Å². The third kappa shape index (κ3) is 5.44. The number of hydrogen-bond acceptors (Lipinski definition) is 5. The Bertz CT molecular complexity index is 950. The highest BCUT2D eigenvalue weighted by Gasteiger charge is 2.42. The minimum atomic E-state index is -0.662. The SMILES string of the molecule is CC(C)c1ccc(C2C(C(=O)CCc3ccccc3)=C(O)C(=O)N2CCOCCO)cc1. The van der Waals surface area contributed by atoms with Crippen LogP contribution in [0.25, 0.3) is 0 Å². The predicted molar refractivity (Wildman–Crippen MR) is 122 cm³/mol. The molecule has 1 aliphatic rings. The van der Waals surface area contributed by atoms with E-state index in [-0.39, 0.29) is 44.1 Å². The Hall–Kier alpha value is -2.96. The van der Waals surface area contributed by atoms with Crippen LogP contribution in [0.2, 0.25) is 0 Å². The maximum Gasteiger partial charge on any atom is 0.290 e. The van der Waals surface area contributed by atoms with Gasteiger partial charge in [0.1, 0.15) is 0 Å². The van der Waals surface area contributed by atoms with Crippen molar-refractivity contribution in [2.45, 2.75) is 38.6 Å². The first-order valence-electron chi connectivity index (χ1n) is 11.0. The lowest BCUT2D eigenvalue weighted by molar-refractivity contribution is -0.130. The van der Waals surface area contributed by atoms with Gasteiger partial charge in [-0.1, -0.05) is 68.4 Å². The smallest absolute Gasteiger partial charge is 0.290 e. The second-order valence-electron chi connectivity index (χ2n) is 8.23. The lowest BCUT2D eigenvalue weighted by atomic mass is 9.91. The van der Waals surface area contributed by atoms with Crippen LogP contribution < -0.4 is 0 Å². The molecular weight excluding hydrogens is 406 g/mol. The number of nitrogens with zero attached hydrogens (tertiary/aromatic N) is 1. The zero-order valence-electron chi connectivity index (χ0n) is 18.7. The summed E-state index contributed by atoms with van der Waals surface area (Å²) in [6.07, 6.45) is 0.732. The summed E-state index contributed by atoms with van der Waals surface area (Å²) in [5.41, 5.74) is 3.10. The fraction of sp³-hybridized carbons (Fsp3) is 0.385. The summed E-state index contributed by atoms with van der Waals surface area (Å²) in [7, 11) is 0. The molecule has 6 nitrogen and oxygen atoms in total. The highest BCUT2D eigenvalue weighted by Crippen LogP contribution is 2.38. The molecule has 2 aromatic carbocycles. The lowest BCUT2D eigenvalue weighted by Gasteiger charge is -2.27. The van der Waals surface area contributed by atoms with Crippen LogP contribution in [-0.2, 0) is 20.7 Å². The zero-order chi connectivity index (χ0) is 23.1. The molecule has 1 heterocycles. The van der Waals surface area contributed by atoms with Crippen LogP contribution in [0.5, 0.6) is 0 Å². The molecule has 2 N–H and O–H groups in total. The van der Waals surface area contributed by atoms with Crippen molar-refractivity contribution in [1.82, 2.24) is 4.90 Å². The Morgan fingerprint density at radius 2 is 1.75 bits per heavy atom. The first kappa shape index (κ1) is 23.7. The van der Waals surface area contributed by atoms with Gasteiger partial charge in [0, 0.05) is 13.0 Å². The van der Waals surface area contributed by atoms with Gasteiger partial charge in [-0.25, -0.2) is 0 Å². The van der Waals surface area contributed by atoms with Gasteiger partial charge in [0.05, 0.1) is 31.4 Å². The Labute approximate surface area is 189 Å². The third-order valence-electron chi connectivity index (χ3n) is 5.72. The van der Waals surface area contributed by atoms with Crippen molar-refractivity contribution in [3.8, 4) is 0 Å². The number of aryl methyl sites for hydroxylation is 1. The molecule has 0 aliphatic carbocycles. The number of ketones is 1. The van der Waals surface area contributed by atoms with Crippen molar-refractivity contribution in [3.63, 3.8) is 0 Å². The second-order valence-corrected chi connectivity index (χ2v) is 8.23. The average molecular weight is 438 g/mol. The van der Waals surface area contributed by atoms with Crippen LogP contribution in [0.1, 0.15) is 48.9 Å². The predicted octanol–water partition coefficient (Wildman–Crippen LogP) is 3.72. The lowest BCUT2D eigenvalue weighted by Crippen LogP contribution is -2.34. The van der Waals surface area contributed by atoms with Gasteiger partial charge in [-0.05, 0) is 29.0 Å². The first-order valence-corrected chi connectivity index (χ1v) is 11.0. The number of rotatable bonds is 11. The van der Waals surface area contributed by atoms with Gasteiger partial charge in [0.2, 0.25) is 0 Å². The molecule has 6 heteroatoms. The summed E-state index contributed by atoms with van der Waals surface area (Å²) >= 11 is 0. The van der Waals surface area contributed by atoms with Crippen LogP contribution in [0.15, 0.2) is 65.9 Å². The number of ether oxygens (including phenoxy) is 1. The third-order valence-corrected chi connectivity index (χ3v) is 5.72. The topological polar surface area (TPSA) is 87.1 Å². The van der Waals surface area contributed by atoms with E-state index in [1.807, 2.05) is 54.6 Å². The Morgan fingerprint density at radius 3 is 2.38 bits per heavy atom. The second kappa shape index (κ2) is 11.1. The zero-order valence-corrected chi connectivity index (χ0v) is 18.7. The molecule has 0 saturated carbocycles. The first-order chi connectivity index (χ1) is 15.4. The molecule has 1 aliphatic heterocycles. The summed E-state index contributed by atoms with van der Waals surface area (Å²) < 4.78 is 5.34. The highest BCUT2D eigenvalue weighted by molar-refractivity contribution is 6.09. The number of carbonyl (C=O) groups is 2. The van der Waals surface area contributed by atoms with E-state index in [9.17, 15) is 14.7 Å². The van der Waals surface area contributed by atoms with Gasteiger partial charge in [0.15, 0.2) is 11.5 Å². The van der Waals surface area contributed by atoms with E-state index in [1.54, 1.807) is 0 Å². The molecule has 32 heavy (non-hydrogen) atoms. The molecule has 0 saturated heterocycles. The number of carbonyl (C=O) groups excluding carboxylic acids is 2. The van der Waals surface area contributed by atoms with Gasteiger partial charge in [-0.3, -0.25) is 9.59 Å². The van der Waals surface area contributed by atoms with Gasteiger partial charge >= 0.3 is 0 Å². The van der Waals surface area contributed by atoms with E-state index in [4.69, 9.17) is 9.84 Å². The molecular formula is C26H31NO5. The highest BCUT2D eigenvalue weighted by atomic mass is 16.5. The molecule has 3 rings (SSSR count). The fourth-order valence-corrected chi connectivity index (χ4v) is 3.95. The number of Topliss-reactive ketones (excluding diaryl/α,β-unsaturated/α-hetero) is 1. The normalized spacial score (nSPS) is 16.3. The monoisotopic (exact) mass is 437 g/mol. The Morgan fingerprint density at radius 1 is 1.06 bits per heavy atom. The number of benzene rings is 2. The van der Waals surface area contributed by atoms with Gasteiger partial charge < -0.3 is 19.8 Å². The molecule has 0 fully saturated rings. The summed E-state index contributed by atoms with van der Waals surface area (Å²) in [6, 6.07) is 16.8. The van der Waals surface area contributed by atoms with E-state index in [1.165, 1.54) is 4.90 Å². The summed E-state index contributed by atoms with van der Waals surface area (Å²) in [6.45, 7) is 4.66. The van der Waals surface area contributed by atoms with Crippen molar-refractivity contribution < 1.29 is 24.5 Å². The molecule has 170 valence electrons. The number of aliphatic hydroxyl groups excluding tert-OH is 2. The van der Waals surface area contributed by atoms with Crippen molar-refractivity contribution in [1.29, 1.82) is 0 Å². The fourth-order valence-electron chi connectivity index (χ4n) is 3.95. The van der Waals surface area contributed by atoms with Gasteiger partial charge in [-0.15, -0.1) is 0 Å². The number of aliphatic hydroxyl groups is 2. The van der Waals surface area contributed by atoms with E-state index in [2.05, 4.69) is 13.8 Å². The van der Waals surface area contributed by atoms with E-state index >= 15 is 0 Å². The molecule has 0 bridgehead atoms. The average Bonchev–Trinajstić information content (AvgIpc) is 3.06. The molecule has 1 unspecified atom stereocenters. The maximum absolute atomic E-state index is 13.2. The van der Waals surface area contributed by atoms with Crippen LogP contribution in [0.3, 0.4) is 0 Å². The standard InChI is InChI=1S/C26H31NO5/c1-18(2)20-9-11-21(12-10-20)24-23(22(29)13-8-19-6-4-3-5-7-19)25(30)26(31)27(24)14-16-32-17-15-28/h3-7,9-12,18,24,28,30H,8,13-17H2,1-2H3. The van der Waals surface area contributed by atoms with E-state index in [0.29, 0.717) is 12.3 Å². The molecule has 1 atom stereocenters. The molecule has 2 aromatic rings. The quantitative estimate of drug-likeness (QED) is 0.523. The maximum atomic E-state index is 13.2. The summed E-state index contributed by atoms with van der Waals surface area (Å²) in [5.74, 6) is -0.939.